The Morgan fingerprint density at radius 2 is 1.89 bits per heavy atom. The fourth-order valence-electron chi connectivity index (χ4n) is 3.98. The van der Waals surface area contributed by atoms with Crippen LogP contribution in [-0.2, 0) is 0 Å². The number of fused-ring (bicyclic) bond motifs is 1. The maximum atomic E-state index is 13.7. The zero-order valence-corrected chi connectivity index (χ0v) is 22.8. The highest BCUT2D eigenvalue weighted by atomic mass is 35.5. The number of nitrogens with zero attached hydrogens (tertiary/aromatic N) is 6. The number of hydrogen-bond acceptors (Lipinski definition) is 8. The van der Waals surface area contributed by atoms with Crippen LogP contribution in [0.25, 0.3) is 10.9 Å². The van der Waals surface area contributed by atoms with Gasteiger partial charge >= 0.3 is 0 Å². The normalized spacial score (nSPS) is 12.1. The van der Waals surface area contributed by atoms with Crippen molar-refractivity contribution in [3.8, 4) is 6.07 Å². The number of halogens is 3. The Labute approximate surface area is 232 Å². The lowest BCUT2D eigenvalue weighted by atomic mass is 10.1. The molecular weight excluding hydrogens is 546 g/mol. The number of rotatable bonds is 7. The molecule has 192 valence electrons. The molecule has 0 aliphatic rings. The Kier molecular flexibility index (Phi) is 7.17. The van der Waals surface area contributed by atoms with Gasteiger partial charge in [0.2, 0.25) is 0 Å². The highest BCUT2D eigenvalue weighted by molar-refractivity contribution is 7.09. The van der Waals surface area contributed by atoms with Crippen LogP contribution in [0.2, 0.25) is 10.0 Å². The van der Waals surface area contributed by atoms with Gasteiger partial charge < -0.3 is 10.6 Å². The maximum absolute atomic E-state index is 13.7. The highest BCUT2D eigenvalue weighted by Gasteiger charge is 2.23. The van der Waals surface area contributed by atoms with Crippen LogP contribution in [0, 0.1) is 24.1 Å². The molecule has 0 fully saturated rings. The summed E-state index contributed by atoms with van der Waals surface area (Å²) in [4.78, 5) is 9.81. The van der Waals surface area contributed by atoms with Crippen LogP contribution in [0.1, 0.15) is 47.8 Å². The van der Waals surface area contributed by atoms with E-state index in [1.165, 1.54) is 29.7 Å². The predicted octanol–water partition coefficient (Wildman–Crippen LogP) is 7.43. The predicted molar refractivity (Wildman–Crippen MR) is 149 cm³/mol. The Hall–Kier alpha value is -3.78. The van der Waals surface area contributed by atoms with Gasteiger partial charge in [0.15, 0.2) is 0 Å². The van der Waals surface area contributed by atoms with E-state index in [2.05, 4.69) is 37.0 Å². The highest BCUT2D eigenvalue weighted by Crippen LogP contribution is 2.38. The van der Waals surface area contributed by atoms with Crippen molar-refractivity contribution in [3.05, 3.63) is 85.9 Å². The van der Waals surface area contributed by atoms with Gasteiger partial charge in [-0.05, 0) is 51.1 Å². The molecular formula is C26H21Cl2FN8S. The van der Waals surface area contributed by atoms with Gasteiger partial charge in [-0.1, -0.05) is 28.4 Å². The summed E-state index contributed by atoms with van der Waals surface area (Å²) in [6, 6.07) is 9.85. The van der Waals surface area contributed by atoms with E-state index >= 15 is 0 Å². The van der Waals surface area contributed by atoms with Gasteiger partial charge in [-0.25, -0.2) is 14.1 Å². The fraction of sp³-hybridized carbons (Fsp3) is 0.192. The van der Waals surface area contributed by atoms with E-state index in [0.29, 0.717) is 38.6 Å². The van der Waals surface area contributed by atoms with E-state index in [1.54, 1.807) is 22.3 Å². The first-order valence-electron chi connectivity index (χ1n) is 11.6. The first-order valence-corrected chi connectivity index (χ1v) is 13.2. The van der Waals surface area contributed by atoms with Crippen molar-refractivity contribution < 1.29 is 4.39 Å². The average Bonchev–Trinajstić information content (AvgIpc) is 3.55. The van der Waals surface area contributed by atoms with Gasteiger partial charge in [-0.15, -0.1) is 16.4 Å². The van der Waals surface area contributed by atoms with Crippen LogP contribution in [0.3, 0.4) is 0 Å². The molecule has 0 saturated carbocycles. The van der Waals surface area contributed by atoms with Gasteiger partial charge in [0.1, 0.15) is 23.6 Å². The number of anilines is 3. The van der Waals surface area contributed by atoms with E-state index in [4.69, 9.17) is 23.2 Å². The Balaban J connectivity index is 1.61. The summed E-state index contributed by atoms with van der Waals surface area (Å²) >= 11 is 14.2. The molecule has 0 aliphatic heterocycles. The number of nitrogens with one attached hydrogen (secondary N) is 2. The molecule has 38 heavy (non-hydrogen) atoms. The van der Waals surface area contributed by atoms with Crippen molar-refractivity contribution in [2.24, 2.45) is 0 Å². The molecule has 5 aromatic rings. The minimum Gasteiger partial charge on any atom is -0.372 e. The first-order chi connectivity index (χ1) is 18.2. The molecule has 12 heteroatoms. The molecule has 0 amide bonds. The zero-order chi connectivity index (χ0) is 27.0. The van der Waals surface area contributed by atoms with E-state index < -0.39 is 5.82 Å². The minimum atomic E-state index is -0.536. The molecule has 2 aromatic carbocycles. The lowest BCUT2D eigenvalue weighted by molar-refractivity contribution is 0.514. The number of aromatic nitrogens is 5. The number of benzene rings is 2. The third-order valence-electron chi connectivity index (χ3n) is 5.94. The number of thiazole rings is 1. The summed E-state index contributed by atoms with van der Waals surface area (Å²) in [5.41, 5.74) is 5.85. The molecule has 5 rings (SSSR count). The largest absolute Gasteiger partial charge is 0.372 e. The van der Waals surface area contributed by atoms with E-state index in [9.17, 15) is 9.65 Å². The van der Waals surface area contributed by atoms with Crippen LogP contribution in [-0.4, -0.2) is 25.0 Å². The molecule has 0 saturated heterocycles. The third kappa shape index (κ3) is 5.00. The van der Waals surface area contributed by atoms with E-state index in [-0.39, 0.29) is 17.1 Å². The smallest absolute Gasteiger partial charge is 0.141 e. The summed E-state index contributed by atoms with van der Waals surface area (Å²) in [6.45, 7) is 6.01. The van der Waals surface area contributed by atoms with Crippen molar-refractivity contribution >= 4 is 62.5 Å². The van der Waals surface area contributed by atoms with Gasteiger partial charge in [0, 0.05) is 29.0 Å². The van der Waals surface area contributed by atoms with Crippen molar-refractivity contribution in [2.75, 3.05) is 10.6 Å². The number of pyridine rings is 1. The number of hydrogen-bond donors (Lipinski definition) is 2. The van der Waals surface area contributed by atoms with Crippen molar-refractivity contribution in [2.45, 2.75) is 32.9 Å². The maximum Gasteiger partial charge on any atom is 0.141 e. The van der Waals surface area contributed by atoms with Crippen LogP contribution in [0.5, 0.6) is 0 Å². The molecule has 3 aromatic heterocycles. The summed E-state index contributed by atoms with van der Waals surface area (Å²) in [7, 11) is 0. The summed E-state index contributed by atoms with van der Waals surface area (Å²) in [5.74, 6) is -0.536. The average molecular weight is 567 g/mol. The van der Waals surface area contributed by atoms with E-state index in [1.807, 2.05) is 33.0 Å². The molecule has 1 unspecified atom stereocenters. The summed E-state index contributed by atoms with van der Waals surface area (Å²) < 4.78 is 15.5. The second-order valence-electron chi connectivity index (χ2n) is 8.86. The lowest BCUT2D eigenvalue weighted by Gasteiger charge is -2.19. The molecule has 1 atom stereocenters. The standard InChI is InChI=1S/C26H21Cl2FN8S/c1-13(2)37-11-22(35-36-37)25(26-14(3)32-12-38-26)34-17-6-18-23(33-16-4-5-21(29)19(27)7-16)15(9-30)10-31-24(18)20(28)8-17/h4-8,10-13,25,34H,1-3H3,(H,31,33). The van der Waals surface area contributed by atoms with Gasteiger partial charge in [0.25, 0.3) is 0 Å². The fourth-order valence-corrected chi connectivity index (χ4v) is 5.30. The Morgan fingerprint density at radius 3 is 2.55 bits per heavy atom. The summed E-state index contributed by atoms with van der Waals surface area (Å²) in [5, 5.41) is 26.2. The second kappa shape index (κ2) is 10.5. The van der Waals surface area contributed by atoms with Crippen molar-refractivity contribution in [3.63, 3.8) is 0 Å². The van der Waals surface area contributed by atoms with Crippen LogP contribution in [0.15, 0.2) is 48.2 Å². The monoisotopic (exact) mass is 566 g/mol. The molecule has 0 bridgehead atoms. The molecule has 0 spiro atoms. The molecule has 0 aliphatic carbocycles. The van der Waals surface area contributed by atoms with Crippen molar-refractivity contribution in [1.82, 2.24) is 25.0 Å². The van der Waals surface area contributed by atoms with Gasteiger partial charge in [-0.2, -0.15) is 5.26 Å². The molecule has 0 radical (unpaired) electrons. The molecule has 8 nitrogen and oxygen atoms in total. The van der Waals surface area contributed by atoms with Crippen LogP contribution in [0.4, 0.5) is 21.5 Å². The number of aryl methyl sites for hydroxylation is 1. The van der Waals surface area contributed by atoms with Crippen LogP contribution >= 0.6 is 34.5 Å². The topological polar surface area (TPSA) is 104 Å². The Morgan fingerprint density at radius 1 is 1.11 bits per heavy atom. The second-order valence-corrected chi connectivity index (χ2v) is 10.6. The summed E-state index contributed by atoms with van der Waals surface area (Å²) in [6.07, 6.45) is 3.35. The number of nitriles is 1. The lowest BCUT2D eigenvalue weighted by Crippen LogP contribution is -2.13. The quantitative estimate of drug-likeness (QED) is 0.211. The van der Waals surface area contributed by atoms with Gasteiger partial charge in [-0.3, -0.25) is 4.98 Å². The van der Waals surface area contributed by atoms with Crippen LogP contribution < -0.4 is 10.6 Å². The first kappa shape index (κ1) is 25.9. The zero-order valence-electron chi connectivity index (χ0n) is 20.5. The van der Waals surface area contributed by atoms with Gasteiger partial charge in [0.05, 0.1) is 49.1 Å². The SMILES string of the molecule is Cc1ncsc1C(Nc1cc(Cl)c2ncc(C#N)c(Nc3ccc(F)c(Cl)c3)c2c1)c1cn(C(C)C)nn1. The van der Waals surface area contributed by atoms with E-state index in [0.717, 1.165) is 16.3 Å². The third-order valence-corrected chi connectivity index (χ3v) is 7.52. The Bertz CT molecular complexity index is 1690. The molecule has 3 heterocycles. The molecule has 2 N–H and O–H groups in total. The van der Waals surface area contributed by atoms with Crippen molar-refractivity contribution in [1.29, 1.82) is 5.26 Å². The minimum absolute atomic E-state index is 0.0375.